The van der Waals surface area contributed by atoms with Gasteiger partial charge in [0.1, 0.15) is 11.3 Å². The SMILES string of the molecule is CC1=CC(=O)/C(=C/NC(N)=O)C(=O)O1. The van der Waals surface area contributed by atoms with E-state index in [-0.39, 0.29) is 11.3 Å². The summed E-state index contributed by atoms with van der Waals surface area (Å²) < 4.78 is 4.64. The number of cyclic esters (lactones) is 1. The van der Waals surface area contributed by atoms with Crippen LogP contribution in [0.5, 0.6) is 0 Å². The van der Waals surface area contributed by atoms with E-state index in [4.69, 9.17) is 5.73 Å². The van der Waals surface area contributed by atoms with E-state index in [1.807, 2.05) is 5.32 Å². The zero-order chi connectivity index (χ0) is 10.7. The summed E-state index contributed by atoms with van der Waals surface area (Å²) in [6, 6.07) is -0.857. The second-order valence-electron chi connectivity index (χ2n) is 2.58. The molecule has 1 rings (SSSR count). The van der Waals surface area contributed by atoms with Crippen LogP contribution in [-0.4, -0.2) is 17.8 Å². The maximum absolute atomic E-state index is 11.2. The van der Waals surface area contributed by atoms with Crippen LogP contribution in [0, 0.1) is 0 Å². The number of carbonyl (C=O) groups excluding carboxylic acids is 3. The highest BCUT2D eigenvalue weighted by molar-refractivity contribution is 6.23. The number of ketones is 1. The fraction of sp³-hybridized carbons (Fsp3) is 0.125. The van der Waals surface area contributed by atoms with Crippen molar-refractivity contribution in [1.82, 2.24) is 5.32 Å². The van der Waals surface area contributed by atoms with E-state index in [0.717, 1.165) is 12.3 Å². The van der Waals surface area contributed by atoms with Crippen LogP contribution in [0.25, 0.3) is 0 Å². The van der Waals surface area contributed by atoms with Crippen molar-refractivity contribution in [2.24, 2.45) is 5.73 Å². The number of nitrogens with one attached hydrogen (secondary N) is 1. The van der Waals surface area contributed by atoms with Crippen molar-refractivity contribution in [1.29, 1.82) is 0 Å². The largest absolute Gasteiger partial charge is 0.427 e. The Kier molecular flexibility index (Phi) is 2.66. The molecule has 6 nitrogen and oxygen atoms in total. The molecular weight excluding hydrogens is 188 g/mol. The van der Waals surface area contributed by atoms with Gasteiger partial charge in [-0.3, -0.25) is 4.79 Å². The summed E-state index contributed by atoms with van der Waals surface area (Å²) in [6.07, 6.45) is 2.08. The summed E-state index contributed by atoms with van der Waals surface area (Å²) in [5.41, 5.74) is 4.50. The van der Waals surface area contributed by atoms with Crippen LogP contribution >= 0.6 is 0 Å². The zero-order valence-electron chi connectivity index (χ0n) is 7.37. The average molecular weight is 196 g/mol. The number of allylic oxidation sites excluding steroid dienone is 2. The van der Waals surface area contributed by atoms with Crippen molar-refractivity contribution < 1.29 is 19.1 Å². The lowest BCUT2D eigenvalue weighted by atomic mass is 10.1. The standard InChI is InChI=1S/C8H8N2O4/c1-4-2-6(11)5(7(12)14-4)3-10-8(9)13/h2-3H,1H3,(H3,9,10,13)/b5-3-. The molecule has 1 heterocycles. The highest BCUT2D eigenvalue weighted by atomic mass is 16.5. The summed E-state index contributed by atoms with van der Waals surface area (Å²) in [7, 11) is 0. The van der Waals surface area contributed by atoms with Crippen LogP contribution in [0.4, 0.5) is 4.79 Å². The van der Waals surface area contributed by atoms with Gasteiger partial charge in [-0.05, 0) is 6.92 Å². The van der Waals surface area contributed by atoms with Gasteiger partial charge in [-0.2, -0.15) is 0 Å². The van der Waals surface area contributed by atoms with Crippen molar-refractivity contribution >= 4 is 17.8 Å². The van der Waals surface area contributed by atoms with Crippen LogP contribution in [0.2, 0.25) is 0 Å². The molecule has 6 heteroatoms. The van der Waals surface area contributed by atoms with Gasteiger partial charge < -0.3 is 15.8 Å². The molecule has 0 aromatic carbocycles. The quantitative estimate of drug-likeness (QED) is 0.337. The Morgan fingerprint density at radius 1 is 1.57 bits per heavy atom. The van der Waals surface area contributed by atoms with Crippen LogP contribution in [0.3, 0.4) is 0 Å². The van der Waals surface area contributed by atoms with Gasteiger partial charge in [-0.25, -0.2) is 9.59 Å². The normalized spacial score (nSPS) is 18.9. The molecule has 0 unspecified atom stereocenters. The number of ether oxygens (including phenoxy) is 1. The minimum atomic E-state index is -0.857. The van der Waals surface area contributed by atoms with Crippen molar-refractivity contribution in [3.05, 3.63) is 23.6 Å². The molecule has 0 bridgehead atoms. The molecule has 0 atom stereocenters. The van der Waals surface area contributed by atoms with E-state index >= 15 is 0 Å². The molecule has 0 saturated carbocycles. The Bertz CT molecular complexity index is 368. The van der Waals surface area contributed by atoms with E-state index in [1.165, 1.54) is 6.92 Å². The summed E-state index contributed by atoms with van der Waals surface area (Å²) in [4.78, 5) is 32.6. The molecule has 0 aromatic heterocycles. The Balaban J connectivity index is 2.89. The van der Waals surface area contributed by atoms with Gasteiger partial charge >= 0.3 is 12.0 Å². The van der Waals surface area contributed by atoms with Crippen molar-refractivity contribution in [2.45, 2.75) is 6.92 Å². The van der Waals surface area contributed by atoms with Gasteiger partial charge in [0.15, 0.2) is 5.78 Å². The average Bonchev–Trinajstić information content (AvgIpc) is 2.01. The lowest BCUT2D eigenvalue weighted by molar-refractivity contribution is -0.137. The van der Waals surface area contributed by atoms with Crippen LogP contribution in [-0.2, 0) is 14.3 Å². The first-order valence-corrected chi connectivity index (χ1v) is 3.71. The summed E-state index contributed by atoms with van der Waals surface area (Å²) >= 11 is 0. The first-order valence-electron chi connectivity index (χ1n) is 3.71. The third kappa shape index (κ3) is 2.19. The Morgan fingerprint density at radius 3 is 2.71 bits per heavy atom. The van der Waals surface area contributed by atoms with Crippen molar-refractivity contribution in [3.8, 4) is 0 Å². The first kappa shape index (κ1) is 9.97. The molecule has 0 aliphatic carbocycles. The van der Waals surface area contributed by atoms with Crippen LogP contribution in [0.1, 0.15) is 6.92 Å². The number of amides is 2. The predicted molar refractivity (Wildman–Crippen MR) is 45.7 cm³/mol. The van der Waals surface area contributed by atoms with Gasteiger partial charge in [0.2, 0.25) is 0 Å². The first-order chi connectivity index (χ1) is 6.50. The number of urea groups is 1. The van der Waals surface area contributed by atoms with Gasteiger partial charge in [0.25, 0.3) is 0 Å². The number of nitrogens with two attached hydrogens (primary N) is 1. The molecule has 74 valence electrons. The fourth-order valence-electron chi connectivity index (χ4n) is 0.867. The molecule has 1 aliphatic heterocycles. The lowest BCUT2D eigenvalue weighted by Gasteiger charge is -2.10. The summed E-state index contributed by atoms with van der Waals surface area (Å²) in [5.74, 6) is -1.10. The number of hydrogen-bond donors (Lipinski definition) is 2. The fourth-order valence-corrected chi connectivity index (χ4v) is 0.867. The van der Waals surface area contributed by atoms with Gasteiger partial charge in [0, 0.05) is 12.3 Å². The maximum atomic E-state index is 11.2. The lowest BCUT2D eigenvalue weighted by Crippen LogP contribution is -2.28. The van der Waals surface area contributed by atoms with E-state index in [0.29, 0.717) is 0 Å². The van der Waals surface area contributed by atoms with E-state index < -0.39 is 17.8 Å². The van der Waals surface area contributed by atoms with Crippen molar-refractivity contribution in [3.63, 3.8) is 0 Å². The smallest absolute Gasteiger partial charge is 0.348 e. The number of primary amides is 1. The Hall–Kier alpha value is -2.11. The Morgan fingerprint density at radius 2 is 2.21 bits per heavy atom. The summed E-state index contributed by atoms with van der Waals surface area (Å²) in [5, 5.41) is 2.02. The van der Waals surface area contributed by atoms with E-state index in [2.05, 4.69) is 4.74 Å². The molecule has 0 radical (unpaired) electrons. The van der Waals surface area contributed by atoms with Gasteiger partial charge in [0.05, 0.1) is 0 Å². The van der Waals surface area contributed by atoms with Crippen LogP contribution < -0.4 is 11.1 Å². The second-order valence-corrected chi connectivity index (χ2v) is 2.58. The van der Waals surface area contributed by atoms with Crippen molar-refractivity contribution in [2.75, 3.05) is 0 Å². The molecule has 1 aliphatic rings. The van der Waals surface area contributed by atoms with Crippen LogP contribution in [0.15, 0.2) is 23.6 Å². The van der Waals surface area contributed by atoms with E-state index in [9.17, 15) is 14.4 Å². The summed E-state index contributed by atoms with van der Waals surface area (Å²) in [6.45, 7) is 1.48. The predicted octanol–water partition coefficient (Wildman–Crippen LogP) is -0.432. The minimum Gasteiger partial charge on any atom is -0.427 e. The number of esters is 1. The molecule has 3 N–H and O–H groups in total. The topological polar surface area (TPSA) is 98.5 Å². The molecule has 14 heavy (non-hydrogen) atoms. The molecular formula is C8H8N2O4. The highest BCUT2D eigenvalue weighted by Gasteiger charge is 2.23. The molecule has 0 fully saturated rings. The van der Waals surface area contributed by atoms with Gasteiger partial charge in [-0.15, -0.1) is 0 Å². The molecule has 0 spiro atoms. The van der Waals surface area contributed by atoms with E-state index in [1.54, 1.807) is 0 Å². The Labute approximate surface area is 79.4 Å². The second kappa shape index (κ2) is 3.73. The number of rotatable bonds is 1. The number of hydrogen-bond acceptors (Lipinski definition) is 4. The zero-order valence-corrected chi connectivity index (χ0v) is 7.37. The molecule has 0 saturated heterocycles. The maximum Gasteiger partial charge on any atom is 0.348 e. The third-order valence-corrected chi connectivity index (χ3v) is 1.43. The number of carbonyl (C=O) groups is 3. The highest BCUT2D eigenvalue weighted by Crippen LogP contribution is 2.12. The molecule has 2 amide bonds. The minimum absolute atomic E-state index is 0.219. The van der Waals surface area contributed by atoms with Gasteiger partial charge in [-0.1, -0.05) is 0 Å². The third-order valence-electron chi connectivity index (χ3n) is 1.43. The molecule has 0 aromatic rings. The monoisotopic (exact) mass is 196 g/mol.